The summed E-state index contributed by atoms with van der Waals surface area (Å²) in [6.45, 7) is 0.0640. The normalized spacial score (nSPS) is 14.9. The maximum atomic E-state index is 11.4. The molecule has 2 aromatic carbocycles. The van der Waals surface area contributed by atoms with Crippen molar-refractivity contribution in [2.45, 2.75) is 10.9 Å². The topological polar surface area (TPSA) is 64.3 Å². The summed E-state index contributed by atoms with van der Waals surface area (Å²) in [6, 6.07) is 13.6. The molecule has 1 aliphatic heterocycles. The average molecular weight is 300 g/mol. The molecule has 21 heavy (non-hydrogen) atoms. The van der Waals surface area contributed by atoms with E-state index in [1.54, 1.807) is 11.8 Å². The first kappa shape index (κ1) is 14.0. The monoisotopic (exact) mass is 300 g/mol. The lowest BCUT2D eigenvalue weighted by molar-refractivity contribution is -0.118. The van der Waals surface area contributed by atoms with Crippen molar-refractivity contribution in [2.24, 2.45) is 5.73 Å². The molecule has 1 heterocycles. The second-order valence-corrected chi connectivity index (χ2v) is 5.72. The summed E-state index contributed by atoms with van der Waals surface area (Å²) >= 11 is 1.70. The molecule has 0 bridgehead atoms. The molecule has 1 atom stereocenters. The zero-order valence-electron chi connectivity index (χ0n) is 11.6. The Kier molecular flexibility index (Phi) is 3.86. The summed E-state index contributed by atoms with van der Waals surface area (Å²) < 4.78 is 5.35. The van der Waals surface area contributed by atoms with Gasteiger partial charge in [-0.1, -0.05) is 18.2 Å². The lowest BCUT2D eigenvalue weighted by Gasteiger charge is -2.20. The molecule has 0 aliphatic carbocycles. The summed E-state index contributed by atoms with van der Waals surface area (Å²) in [5, 5.41) is 2.80. The van der Waals surface area contributed by atoms with E-state index < -0.39 is 0 Å². The highest BCUT2D eigenvalue weighted by atomic mass is 32.2. The molecule has 0 saturated heterocycles. The predicted molar refractivity (Wildman–Crippen MR) is 84.8 cm³/mol. The number of ether oxygens (including phenoxy) is 1. The zero-order chi connectivity index (χ0) is 14.8. The third-order valence-corrected chi connectivity index (χ3v) is 4.21. The van der Waals surface area contributed by atoms with Gasteiger partial charge in [-0.05, 0) is 41.6 Å². The molecule has 5 heteroatoms. The van der Waals surface area contributed by atoms with E-state index in [1.165, 1.54) is 4.90 Å². The number of hydrogen-bond donors (Lipinski definition) is 2. The number of nitrogens with two attached hydrogens (primary N) is 1. The predicted octanol–water partition coefficient (Wildman–Crippen LogP) is 2.79. The molecule has 1 amide bonds. The van der Waals surface area contributed by atoms with Crippen molar-refractivity contribution in [1.82, 2.24) is 0 Å². The van der Waals surface area contributed by atoms with E-state index in [1.807, 2.05) is 36.6 Å². The lowest BCUT2D eigenvalue weighted by atomic mass is 9.99. The van der Waals surface area contributed by atoms with Crippen LogP contribution in [-0.2, 0) is 4.79 Å². The lowest BCUT2D eigenvalue weighted by Crippen LogP contribution is -2.25. The smallest absolute Gasteiger partial charge is 0.262 e. The van der Waals surface area contributed by atoms with Gasteiger partial charge >= 0.3 is 0 Å². The fraction of sp³-hybridized carbons (Fsp3) is 0.188. The average Bonchev–Trinajstić information content (AvgIpc) is 2.53. The Morgan fingerprint density at radius 3 is 2.62 bits per heavy atom. The minimum atomic E-state index is -0.231. The fourth-order valence-electron chi connectivity index (χ4n) is 2.30. The Morgan fingerprint density at radius 2 is 1.90 bits per heavy atom. The van der Waals surface area contributed by atoms with Gasteiger partial charge in [-0.2, -0.15) is 0 Å². The molecule has 0 spiro atoms. The first-order valence-electron chi connectivity index (χ1n) is 6.63. The van der Waals surface area contributed by atoms with Crippen LogP contribution in [-0.4, -0.2) is 18.8 Å². The van der Waals surface area contributed by atoms with Crippen LogP contribution in [0.2, 0.25) is 0 Å². The number of benzene rings is 2. The van der Waals surface area contributed by atoms with Crippen LogP contribution < -0.4 is 15.8 Å². The number of thioether (sulfide) groups is 1. The first-order valence-corrected chi connectivity index (χ1v) is 7.86. The van der Waals surface area contributed by atoms with Gasteiger partial charge < -0.3 is 15.8 Å². The van der Waals surface area contributed by atoms with Crippen molar-refractivity contribution in [1.29, 1.82) is 0 Å². The van der Waals surface area contributed by atoms with Crippen LogP contribution in [0.5, 0.6) is 5.75 Å². The van der Waals surface area contributed by atoms with Crippen LogP contribution >= 0.6 is 11.8 Å². The van der Waals surface area contributed by atoms with Crippen molar-refractivity contribution in [3.63, 3.8) is 0 Å². The maximum absolute atomic E-state index is 11.4. The molecular formula is C16H16N2O2S. The Morgan fingerprint density at radius 1 is 1.19 bits per heavy atom. The summed E-state index contributed by atoms with van der Waals surface area (Å²) in [5.74, 6) is 0.542. The molecule has 2 aromatic rings. The van der Waals surface area contributed by atoms with Gasteiger partial charge in [-0.15, -0.1) is 11.8 Å². The number of anilines is 1. The SMILES string of the molecule is CSc1ccc(C(N)c2ccc3c(c2)NC(=O)CO3)cc1. The number of hydrogen-bond acceptors (Lipinski definition) is 4. The van der Waals surface area contributed by atoms with E-state index in [2.05, 4.69) is 17.4 Å². The van der Waals surface area contributed by atoms with Gasteiger partial charge in [0.2, 0.25) is 0 Å². The summed E-state index contributed by atoms with van der Waals surface area (Å²) in [5.41, 5.74) is 8.97. The molecule has 3 rings (SSSR count). The minimum Gasteiger partial charge on any atom is -0.482 e. The van der Waals surface area contributed by atoms with E-state index in [9.17, 15) is 4.79 Å². The van der Waals surface area contributed by atoms with Crippen molar-refractivity contribution >= 4 is 23.4 Å². The number of carbonyl (C=O) groups is 1. The highest BCUT2D eigenvalue weighted by Gasteiger charge is 2.18. The Balaban J connectivity index is 1.88. The van der Waals surface area contributed by atoms with Crippen LogP contribution in [0, 0.1) is 0 Å². The van der Waals surface area contributed by atoms with Gasteiger partial charge in [0.25, 0.3) is 5.91 Å². The Bertz CT molecular complexity index is 670. The molecule has 1 aliphatic rings. The van der Waals surface area contributed by atoms with Crippen LogP contribution in [0.25, 0.3) is 0 Å². The molecule has 4 nitrogen and oxygen atoms in total. The van der Waals surface area contributed by atoms with Crippen molar-refractivity contribution in [3.05, 3.63) is 53.6 Å². The molecular weight excluding hydrogens is 284 g/mol. The molecule has 0 aromatic heterocycles. The van der Waals surface area contributed by atoms with Crippen molar-refractivity contribution < 1.29 is 9.53 Å². The van der Waals surface area contributed by atoms with Gasteiger partial charge in [0.15, 0.2) is 6.61 Å². The number of amides is 1. The quantitative estimate of drug-likeness (QED) is 0.856. The highest BCUT2D eigenvalue weighted by Crippen LogP contribution is 2.32. The Labute approximate surface area is 127 Å². The largest absolute Gasteiger partial charge is 0.482 e. The highest BCUT2D eigenvalue weighted by molar-refractivity contribution is 7.98. The van der Waals surface area contributed by atoms with E-state index in [0.717, 1.165) is 11.1 Å². The van der Waals surface area contributed by atoms with Crippen LogP contribution in [0.15, 0.2) is 47.4 Å². The summed E-state index contributed by atoms with van der Waals surface area (Å²) in [7, 11) is 0. The maximum Gasteiger partial charge on any atom is 0.262 e. The summed E-state index contributed by atoms with van der Waals surface area (Å²) in [4.78, 5) is 12.6. The van der Waals surface area contributed by atoms with Gasteiger partial charge in [0.1, 0.15) is 5.75 Å². The zero-order valence-corrected chi connectivity index (χ0v) is 12.4. The van der Waals surface area contributed by atoms with Crippen molar-refractivity contribution in [2.75, 3.05) is 18.2 Å². The third kappa shape index (κ3) is 2.89. The second kappa shape index (κ2) is 5.79. The van der Waals surface area contributed by atoms with Crippen LogP contribution in [0.1, 0.15) is 17.2 Å². The summed E-state index contributed by atoms with van der Waals surface area (Å²) in [6.07, 6.45) is 2.04. The number of rotatable bonds is 3. The number of nitrogens with one attached hydrogen (secondary N) is 1. The minimum absolute atomic E-state index is 0.0640. The van der Waals surface area contributed by atoms with E-state index >= 15 is 0 Å². The molecule has 0 fully saturated rings. The standard InChI is InChI=1S/C16H16N2O2S/c1-21-12-5-2-10(3-6-12)16(17)11-4-7-14-13(8-11)18-15(19)9-20-14/h2-8,16H,9,17H2,1H3,(H,18,19). The number of carbonyl (C=O) groups excluding carboxylic acids is 1. The Hall–Kier alpha value is -1.98. The van der Waals surface area contributed by atoms with Crippen molar-refractivity contribution in [3.8, 4) is 5.75 Å². The molecule has 3 N–H and O–H groups in total. The van der Waals surface area contributed by atoms with Gasteiger partial charge in [-0.25, -0.2) is 0 Å². The first-order chi connectivity index (χ1) is 10.2. The van der Waals surface area contributed by atoms with Crippen LogP contribution in [0.3, 0.4) is 0 Å². The van der Waals surface area contributed by atoms with Gasteiger partial charge in [0, 0.05) is 4.90 Å². The van der Waals surface area contributed by atoms with E-state index in [-0.39, 0.29) is 18.6 Å². The molecule has 0 saturated carbocycles. The fourth-order valence-corrected chi connectivity index (χ4v) is 2.71. The molecule has 1 unspecified atom stereocenters. The van der Waals surface area contributed by atoms with Crippen LogP contribution in [0.4, 0.5) is 5.69 Å². The molecule has 0 radical (unpaired) electrons. The van der Waals surface area contributed by atoms with Gasteiger partial charge in [-0.3, -0.25) is 4.79 Å². The second-order valence-electron chi connectivity index (χ2n) is 4.84. The van der Waals surface area contributed by atoms with E-state index in [4.69, 9.17) is 10.5 Å². The molecule has 108 valence electrons. The number of fused-ring (bicyclic) bond motifs is 1. The van der Waals surface area contributed by atoms with Gasteiger partial charge in [0.05, 0.1) is 11.7 Å². The van der Waals surface area contributed by atoms with E-state index in [0.29, 0.717) is 11.4 Å². The third-order valence-electron chi connectivity index (χ3n) is 3.47.